The first-order chi connectivity index (χ1) is 10.7. The van der Waals surface area contributed by atoms with Gasteiger partial charge >= 0.3 is 0 Å². The number of carbonyl (C=O) groups excluding carboxylic acids is 1. The lowest BCUT2D eigenvalue weighted by molar-refractivity contribution is -0.138. The minimum Gasteiger partial charge on any atom is -0.480 e. The van der Waals surface area contributed by atoms with E-state index in [2.05, 4.69) is 11.4 Å². The second-order valence-electron chi connectivity index (χ2n) is 5.81. The average Bonchev–Trinajstić information content (AvgIpc) is 3.24. The highest BCUT2D eigenvalue weighted by Crippen LogP contribution is 2.36. The summed E-state index contributed by atoms with van der Waals surface area (Å²) in [6.45, 7) is 0.768. The van der Waals surface area contributed by atoms with Gasteiger partial charge in [0.05, 0.1) is 6.04 Å². The molecule has 22 heavy (non-hydrogen) atoms. The Hall–Kier alpha value is -1.88. The molecule has 3 heterocycles. The van der Waals surface area contributed by atoms with Crippen LogP contribution in [0.4, 0.5) is 4.39 Å². The maximum absolute atomic E-state index is 13.3. The number of ether oxygens (including phenoxy) is 1. The third kappa shape index (κ3) is 2.29. The predicted octanol–water partition coefficient (Wildman–Crippen LogP) is 3.55. The van der Waals surface area contributed by atoms with E-state index in [9.17, 15) is 9.18 Å². The van der Waals surface area contributed by atoms with Gasteiger partial charge in [0.25, 0.3) is 5.91 Å². The topological polar surface area (TPSA) is 29.5 Å². The number of benzene rings is 1. The minimum absolute atomic E-state index is 0.0188. The van der Waals surface area contributed by atoms with Crippen molar-refractivity contribution in [2.45, 2.75) is 31.4 Å². The summed E-state index contributed by atoms with van der Waals surface area (Å²) in [6.07, 6.45) is 1.95. The molecule has 1 saturated heterocycles. The zero-order chi connectivity index (χ0) is 15.1. The summed E-state index contributed by atoms with van der Waals surface area (Å²) < 4.78 is 19.0. The fourth-order valence-electron chi connectivity index (χ4n) is 3.38. The van der Waals surface area contributed by atoms with Crippen molar-refractivity contribution in [1.29, 1.82) is 0 Å². The second kappa shape index (κ2) is 5.39. The Labute approximate surface area is 132 Å². The Morgan fingerprint density at radius 1 is 1.36 bits per heavy atom. The van der Waals surface area contributed by atoms with Crippen LogP contribution in [0.3, 0.4) is 0 Å². The molecular weight excluding hydrogens is 301 g/mol. The van der Waals surface area contributed by atoms with Gasteiger partial charge in [-0.3, -0.25) is 4.79 Å². The smallest absolute Gasteiger partial charge is 0.264 e. The summed E-state index contributed by atoms with van der Waals surface area (Å²) in [4.78, 5) is 14.7. The zero-order valence-electron chi connectivity index (χ0n) is 12.0. The fourth-order valence-corrected chi connectivity index (χ4v) is 4.09. The van der Waals surface area contributed by atoms with Gasteiger partial charge in [0.2, 0.25) is 0 Å². The van der Waals surface area contributed by atoms with Crippen molar-refractivity contribution in [3.8, 4) is 5.75 Å². The lowest BCUT2D eigenvalue weighted by Gasteiger charge is -2.26. The Morgan fingerprint density at radius 3 is 3.09 bits per heavy atom. The summed E-state index contributed by atoms with van der Waals surface area (Å²) in [5, 5.41) is 4.15. The van der Waals surface area contributed by atoms with Crippen molar-refractivity contribution in [1.82, 2.24) is 4.90 Å². The van der Waals surface area contributed by atoms with E-state index < -0.39 is 6.10 Å². The molecule has 1 aromatic heterocycles. The van der Waals surface area contributed by atoms with Crippen LogP contribution in [0.25, 0.3) is 0 Å². The van der Waals surface area contributed by atoms with Crippen LogP contribution in [0.5, 0.6) is 5.75 Å². The van der Waals surface area contributed by atoms with E-state index in [0.717, 1.165) is 24.9 Å². The largest absolute Gasteiger partial charge is 0.480 e. The van der Waals surface area contributed by atoms with Crippen LogP contribution >= 0.6 is 11.3 Å². The van der Waals surface area contributed by atoms with Crippen molar-refractivity contribution < 1.29 is 13.9 Å². The van der Waals surface area contributed by atoms with Gasteiger partial charge in [0.1, 0.15) is 11.6 Å². The van der Waals surface area contributed by atoms with E-state index in [1.165, 1.54) is 17.7 Å². The van der Waals surface area contributed by atoms with Crippen LogP contribution in [0.1, 0.15) is 30.0 Å². The Kier molecular flexibility index (Phi) is 3.37. The van der Waals surface area contributed by atoms with Crippen LogP contribution in [0.2, 0.25) is 0 Å². The van der Waals surface area contributed by atoms with E-state index in [4.69, 9.17) is 4.74 Å². The number of fused-ring (bicyclic) bond motifs is 1. The molecular formula is C17H16FNO2S. The second-order valence-corrected chi connectivity index (χ2v) is 6.59. The maximum atomic E-state index is 13.3. The van der Waals surface area contributed by atoms with E-state index in [0.29, 0.717) is 12.2 Å². The number of likely N-dealkylation sites (tertiary alicyclic amines) is 1. The molecule has 2 atom stereocenters. The number of rotatable bonds is 2. The zero-order valence-corrected chi connectivity index (χ0v) is 12.8. The van der Waals surface area contributed by atoms with Gasteiger partial charge in [-0.15, -0.1) is 0 Å². The molecule has 114 valence electrons. The molecule has 0 radical (unpaired) electrons. The lowest BCUT2D eigenvalue weighted by atomic mass is 10.1. The van der Waals surface area contributed by atoms with Gasteiger partial charge in [0.15, 0.2) is 6.10 Å². The van der Waals surface area contributed by atoms with Gasteiger partial charge in [-0.2, -0.15) is 11.3 Å². The van der Waals surface area contributed by atoms with Gasteiger partial charge in [-0.1, -0.05) is 0 Å². The first-order valence-corrected chi connectivity index (χ1v) is 8.44. The maximum Gasteiger partial charge on any atom is 0.264 e. The lowest BCUT2D eigenvalue weighted by Crippen LogP contribution is -2.40. The number of hydrogen-bond donors (Lipinski definition) is 0. The Bertz CT molecular complexity index is 701. The van der Waals surface area contributed by atoms with Crippen LogP contribution in [-0.2, 0) is 11.2 Å². The fraction of sp³-hybridized carbons (Fsp3) is 0.353. The third-order valence-corrected chi connectivity index (χ3v) is 5.14. The number of thiophene rings is 1. The predicted molar refractivity (Wildman–Crippen MR) is 82.5 cm³/mol. The number of halogens is 1. The van der Waals surface area contributed by atoms with Crippen LogP contribution in [-0.4, -0.2) is 23.5 Å². The summed E-state index contributed by atoms with van der Waals surface area (Å²) in [5.74, 6) is 0.365. The van der Waals surface area contributed by atoms with Crippen molar-refractivity contribution >= 4 is 17.2 Å². The monoisotopic (exact) mass is 317 g/mol. The third-order valence-electron chi connectivity index (χ3n) is 4.44. The molecule has 4 rings (SSSR count). The standard InChI is InChI=1S/C17H16FNO2S/c18-13-3-4-15-12(8-13)9-16(21-15)17(20)19-6-1-2-14(19)11-5-7-22-10-11/h3-5,7-8,10,14,16H,1-2,6,9H2. The number of carbonyl (C=O) groups is 1. The van der Waals surface area contributed by atoms with Crippen LogP contribution < -0.4 is 4.74 Å². The molecule has 1 amide bonds. The van der Waals surface area contributed by atoms with E-state index in [1.807, 2.05) is 10.3 Å². The summed E-state index contributed by atoms with van der Waals surface area (Å²) in [5.41, 5.74) is 1.99. The number of hydrogen-bond acceptors (Lipinski definition) is 3. The normalized spacial score (nSPS) is 23.4. The van der Waals surface area contributed by atoms with Gasteiger partial charge in [0, 0.05) is 18.5 Å². The van der Waals surface area contributed by atoms with Crippen molar-refractivity contribution in [3.05, 3.63) is 52.0 Å². The quantitative estimate of drug-likeness (QED) is 0.848. The summed E-state index contributed by atoms with van der Waals surface area (Å²) in [6, 6.07) is 6.68. The van der Waals surface area contributed by atoms with Gasteiger partial charge < -0.3 is 9.64 Å². The molecule has 1 fully saturated rings. The molecule has 3 nitrogen and oxygen atoms in total. The SMILES string of the molecule is O=C(C1Cc2cc(F)ccc2O1)N1CCCC1c1ccsc1. The molecule has 5 heteroatoms. The van der Waals surface area contributed by atoms with Crippen molar-refractivity contribution in [2.75, 3.05) is 6.54 Å². The molecule has 2 aliphatic heterocycles. The van der Waals surface area contributed by atoms with Gasteiger partial charge in [-0.25, -0.2) is 4.39 Å². The molecule has 1 aromatic carbocycles. The highest BCUT2D eigenvalue weighted by atomic mass is 32.1. The number of nitrogens with zero attached hydrogens (tertiary/aromatic N) is 1. The summed E-state index contributed by atoms with van der Waals surface area (Å²) >= 11 is 1.65. The van der Waals surface area contributed by atoms with E-state index in [-0.39, 0.29) is 17.8 Å². The molecule has 0 saturated carbocycles. The molecule has 2 aliphatic rings. The van der Waals surface area contributed by atoms with Crippen molar-refractivity contribution in [2.24, 2.45) is 0 Å². The molecule has 2 aromatic rings. The van der Waals surface area contributed by atoms with E-state index >= 15 is 0 Å². The average molecular weight is 317 g/mol. The van der Waals surface area contributed by atoms with E-state index in [1.54, 1.807) is 17.4 Å². The van der Waals surface area contributed by atoms with Gasteiger partial charge in [-0.05, 0) is 53.4 Å². The van der Waals surface area contributed by atoms with Crippen LogP contribution in [0, 0.1) is 5.82 Å². The Morgan fingerprint density at radius 2 is 2.27 bits per heavy atom. The highest BCUT2D eigenvalue weighted by Gasteiger charge is 2.38. The summed E-state index contributed by atoms with van der Waals surface area (Å²) in [7, 11) is 0. The molecule has 0 N–H and O–H groups in total. The van der Waals surface area contributed by atoms with Crippen LogP contribution in [0.15, 0.2) is 35.0 Å². The minimum atomic E-state index is -0.518. The first-order valence-electron chi connectivity index (χ1n) is 7.50. The number of amides is 1. The Balaban J connectivity index is 1.53. The molecule has 2 unspecified atom stereocenters. The highest BCUT2D eigenvalue weighted by molar-refractivity contribution is 7.07. The molecule has 0 bridgehead atoms. The molecule has 0 aliphatic carbocycles. The molecule has 0 spiro atoms. The van der Waals surface area contributed by atoms with Crippen molar-refractivity contribution in [3.63, 3.8) is 0 Å². The first kappa shape index (κ1) is 13.8.